The van der Waals surface area contributed by atoms with Crippen LogP contribution in [-0.4, -0.2) is 45.6 Å². The Morgan fingerprint density at radius 2 is 1.45 bits per heavy atom. The van der Waals surface area contributed by atoms with Crippen LogP contribution in [0.25, 0.3) is 0 Å². The van der Waals surface area contributed by atoms with E-state index in [0.29, 0.717) is 5.75 Å². The van der Waals surface area contributed by atoms with Gasteiger partial charge in [-0.1, -0.05) is 34.9 Å². The van der Waals surface area contributed by atoms with Crippen molar-refractivity contribution in [1.82, 2.24) is 5.32 Å². The summed E-state index contributed by atoms with van der Waals surface area (Å²) in [6, 6.07) is -1.01. The quantitative estimate of drug-likeness (QED) is 0.262. The molecular weight excluding hydrogens is 390 g/mol. The summed E-state index contributed by atoms with van der Waals surface area (Å²) >= 11 is 1.43. The van der Waals surface area contributed by atoms with Crippen molar-refractivity contribution in [2.75, 3.05) is 11.5 Å². The third kappa shape index (κ3) is 16.6. The van der Waals surface area contributed by atoms with Crippen molar-refractivity contribution >= 4 is 29.6 Å². The fourth-order valence-corrected chi connectivity index (χ4v) is 3.39. The first-order valence-electron chi connectivity index (χ1n) is 9.88. The van der Waals surface area contributed by atoms with E-state index in [4.69, 9.17) is 5.11 Å². The molecule has 29 heavy (non-hydrogen) atoms. The third-order valence-corrected chi connectivity index (χ3v) is 5.13. The van der Waals surface area contributed by atoms with Crippen LogP contribution in [0.2, 0.25) is 0 Å². The number of allylic oxidation sites excluding steroid dienone is 5. The number of hydrogen-bond donors (Lipinski definition) is 3. The summed E-state index contributed by atoms with van der Waals surface area (Å²) in [4.78, 5) is 33.3. The molecule has 164 valence electrons. The molecule has 0 bridgehead atoms. The molecule has 3 N–H and O–H groups in total. The van der Waals surface area contributed by atoms with Gasteiger partial charge in [-0.05, 0) is 53.4 Å². The van der Waals surface area contributed by atoms with Crippen molar-refractivity contribution in [2.45, 2.75) is 72.3 Å². The average molecular weight is 426 g/mol. The number of carbonyl (C=O) groups is 3. The topological polar surface area (TPSA) is 104 Å². The van der Waals surface area contributed by atoms with Gasteiger partial charge in [0.05, 0.1) is 6.42 Å². The van der Waals surface area contributed by atoms with Crippen molar-refractivity contribution in [3.8, 4) is 0 Å². The van der Waals surface area contributed by atoms with Gasteiger partial charge in [0.2, 0.25) is 5.91 Å². The summed E-state index contributed by atoms with van der Waals surface area (Å²) in [7, 11) is 0. The summed E-state index contributed by atoms with van der Waals surface area (Å²) in [5.41, 5.74) is 4.00. The van der Waals surface area contributed by atoms with Gasteiger partial charge in [0.25, 0.3) is 0 Å². The van der Waals surface area contributed by atoms with Crippen LogP contribution in [0.4, 0.5) is 0 Å². The SMILES string of the molecule is CC(C)=CCCC(C)=CCCC(C)=CCSC[C@H](NC(=O)CCC(=O)O)C(=O)O. The second kappa shape index (κ2) is 15.9. The van der Waals surface area contributed by atoms with Crippen molar-refractivity contribution in [1.29, 1.82) is 0 Å². The minimum absolute atomic E-state index is 0.218. The normalized spacial score (nSPS) is 13.0. The number of hydrogen-bond acceptors (Lipinski definition) is 4. The minimum Gasteiger partial charge on any atom is -0.481 e. The molecule has 0 saturated carbocycles. The fourth-order valence-electron chi connectivity index (χ4n) is 2.39. The Morgan fingerprint density at radius 1 is 0.862 bits per heavy atom. The molecule has 0 heterocycles. The molecule has 0 aliphatic heterocycles. The molecule has 0 fully saturated rings. The van der Waals surface area contributed by atoms with E-state index in [1.165, 1.54) is 28.5 Å². The van der Waals surface area contributed by atoms with Gasteiger partial charge in [-0.3, -0.25) is 9.59 Å². The molecule has 0 aliphatic carbocycles. The number of aliphatic carboxylic acids is 2. The lowest BCUT2D eigenvalue weighted by Gasteiger charge is -2.13. The van der Waals surface area contributed by atoms with Crippen molar-refractivity contribution < 1.29 is 24.6 Å². The second-order valence-electron chi connectivity index (χ2n) is 7.35. The molecule has 7 heteroatoms. The number of thioether (sulfide) groups is 1. The summed E-state index contributed by atoms with van der Waals surface area (Å²) in [5.74, 6) is -1.85. The third-order valence-electron chi connectivity index (χ3n) is 4.16. The highest BCUT2D eigenvalue weighted by molar-refractivity contribution is 7.99. The molecule has 0 radical (unpaired) electrons. The minimum atomic E-state index is -1.12. The summed E-state index contributed by atoms with van der Waals surface area (Å²) in [6.07, 6.45) is 10.2. The summed E-state index contributed by atoms with van der Waals surface area (Å²) < 4.78 is 0. The van der Waals surface area contributed by atoms with E-state index < -0.39 is 23.9 Å². The standard InChI is InChI=1S/C22H35NO5S/c1-16(2)7-5-8-17(3)9-6-10-18(4)13-14-29-15-19(22(27)28)23-20(24)11-12-21(25)26/h7,9,13,19H,5-6,8,10-12,14-15H2,1-4H3,(H,23,24)(H,25,26)(H,27,28)/t19-/m0/s1. The molecule has 1 atom stereocenters. The monoisotopic (exact) mass is 425 g/mol. The maximum atomic E-state index is 11.6. The molecule has 0 saturated heterocycles. The predicted octanol–water partition coefficient (Wildman–Crippen LogP) is 4.57. The zero-order valence-corrected chi connectivity index (χ0v) is 18.8. The van der Waals surface area contributed by atoms with Crippen LogP contribution in [0.5, 0.6) is 0 Å². The molecule has 0 aromatic carbocycles. The lowest BCUT2D eigenvalue weighted by atomic mass is 10.1. The van der Waals surface area contributed by atoms with E-state index >= 15 is 0 Å². The van der Waals surface area contributed by atoms with Gasteiger partial charge in [0.1, 0.15) is 6.04 Å². The number of amides is 1. The Bertz CT molecular complexity index is 633. The van der Waals surface area contributed by atoms with Crippen LogP contribution in [0.1, 0.15) is 66.2 Å². The zero-order valence-electron chi connectivity index (χ0n) is 18.0. The summed E-state index contributed by atoms with van der Waals surface area (Å²) in [6.45, 7) is 8.44. The van der Waals surface area contributed by atoms with E-state index in [1.807, 2.05) is 0 Å². The maximum absolute atomic E-state index is 11.6. The number of rotatable bonds is 15. The van der Waals surface area contributed by atoms with Crippen LogP contribution in [0.15, 0.2) is 34.9 Å². The van der Waals surface area contributed by atoms with Crippen molar-refractivity contribution in [3.05, 3.63) is 34.9 Å². The fraction of sp³-hybridized carbons (Fsp3) is 0.591. The van der Waals surface area contributed by atoms with Gasteiger partial charge in [0.15, 0.2) is 0 Å². The van der Waals surface area contributed by atoms with Gasteiger partial charge in [-0.15, -0.1) is 0 Å². The molecule has 0 aromatic rings. The van der Waals surface area contributed by atoms with Gasteiger partial charge in [-0.25, -0.2) is 4.79 Å². The Kier molecular flexibility index (Phi) is 14.7. The van der Waals surface area contributed by atoms with Crippen LogP contribution in [0, 0.1) is 0 Å². The summed E-state index contributed by atoms with van der Waals surface area (Å²) in [5, 5.41) is 20.1. The van der Waals surface area contributed by atoms with E-state index in [2.05, 4.69) is 51.2 Å². The number of carbonyl (C=O) groups excluding carboxylic acids is 1. The first-order valence-corrected chi connectivity index (χ1v) is 11.0. The Balaban J connectivity index is 4.20. The van der Waals surface area contributed by atoms with E-state index in [1.54, 1.807) is 0 Å². The lowest BCUT2D eigenvalue weighted by Crippen LogP contribution is -2.42. The zero-order chi connectivity index (χ0) is 22.2. The van der Waals surface area contributed by atoms with Gasteiger partial charge in [-0.2, -0.15) is 11.8 Å². The lowest BCUT2D eigenvalue weighted by molar-refractivity contribution is -0.141. The van der Waals surface area contributed by atoms with Crippen molar-refractivity contribution in [3.63, 3.8) is 0 Å². The number of carboxylic acids is 2. The van der Waals surface area contributed by atoms with E-state index in [-0.39, 0.29) is 18.6 Å². The Hall–Kier alpha value is -2.02. The highest BCUT2D eigenvalue weighted by atomic mass is 32.2. The first-order chi connectivity index (χ1) is 13.6. The highest BCUT2D eigenvalue weighted by Crippen LogP contribution is 2.13. The Labute approximate surface area is 178 Å². The number of carboxylic acid groups (broad SMARTS) is 2. The number of nitrogens with one attached hydrogen (secondary N) is 1. The Morgan fingerprint density at radius 3 is 2.00 bits per heavy atom. The smallest absolute Gasteiger partial charge is 0.327 e. The maximum Gasteiger partial charge on any atom is 0.327 e. The van der Waals surface area contributed by atoms with Crippen LogP contribution >= 0.6 is 11.8 Å². The van der Waals surface area contributed by atoms with Crippen LogP contribution < -0.4 is 5.32 Å². The van der Waals surface area contributed by atoms with Crippen LogP contribution in [-0.2, 0) is 14.4 Å². The van der Waals surface area contributed by atoms with Gasteiger partial charge < -0.3 is 15.5 Å². The molecule has 0 rings (SSSR count). The molecular formula is C22H35NO5S. The van der Waals surface area contributed by atoms with E-state index in [9.17, 15) is 19.5 Å². The average Bonchev–Trinajstić information content (AvgIpc) is 2.61. The van der Waals surface area contributed by atoms with Gasteiger partial charge in [0, 0.05) is 17.9 Å². The van der Waals surface area contributed by atoms with E-state index in [0.717, 1.165) is 25.7 Å². The van der Waals surface area contributed by atoms with Crippen molar-refractivity contribution in [2.24, 2.45) is 0 Å². The molecule has 0 aliphatic rings. The molecule has 1 amide bonds. The first kappa shape index (κ1) is 27.0. The van der Waals surface area contributed by atoms with Crippen LogP contribution in [0.3, 0.4) is 0 Å². The molecule has 0 aromatic heterocycles. The van der Waals surface area contributed by atoms with Gasteiger partial charge >= 0.3 is 11.9 Å². The highest BCUT2D eigenvalue weighted by Gasteiger charge is 2.19. The molecule has 0 unspecified atom stereocenters. The largest absolute Gasteiger partial charge is 0.481 e. The molecule has 0 spiro atoms. The predicted molar refractivity (Wildman–Crippen MR) is 119 cm³/mol. The second-order valence-corrected chi connectivity index (χ2v) is 8.42. The molecule has 6 nitrogen and oxygen atoms in total.